The number of benzene rings is 1. The number of hydrogen-bond acceptors (Lipinski definition) is 5. The predicted molar refractivity (Wildman–Crippen MR) is 59.9 cm³/mol. The van der Waals surface area contributed by atoms with Crippen molar-refractivity contribution in [2.24, 2.45) is 0 Å². The van der Waals surface area contributed by atoms with E-state index >= 15 is 0 Å². The SMILES string of the molecule is CONCc1ccc(OC)c(S(C)(=O)=O)c1F. The van der Waals surface area contributed by atoms with Crippen molar-refractivity contribution in [3.63, 3.8) is 0 Å². The zero-order valence-electron chi connectivity index (χ0n) is 9.78. The maximum absolute atomic E-state index is 14.0. The van der Waals surface area contributed by atoms with Crippen molar-refractivity contribution in [2.75, 3.05) is 20.5 Å². The summed E-state index contributed by atoms with van der Waals surface area (Å²) in [5.74, 6) is -0.831. The number of methoxy groups -OCH3 is 1. The van der Waals surface area contributed by atoms with E-state index in [1.807, 2.05) is 0 Å². The highest BCUT2D eigenvalue weighted by Crippen LogP contribution is 2.28. The molecule has 1 aromatic carbocycles. The normalized spacial score (nSPS) is 11.5. The van der Waals surface area contributed by atoms with Gasteiger partial charge >= 0.3 is 0 Å². The quantitative estimate of drug-likeness (QED) is 0.799. The van der Waals surface area contributed by atoms with Crippen molar-refractivity contribution >= 4 is 9.84 Å². The first-order valence-corrected chi connectivity index (χ1v) is 6.62. The van der Waals surface area contributed by atoms with Gasteiger partial charge in [-0.15, -0.1) is 0 Å². The van der Waals surface area contributed by atoms with E-state index in [2.05, 4.69) is 10.3 Å². The summed E-state index contributed by atoms with van der Waals surface area (Å²) < 4.78 is 41.8. The summed E-state index contributed by atoms with van der Waals surface area (Å²) in [6, 6.07) is 2.85. The molecule has 5 nitrogen and oxygen atoms in total. The molecule has 0 aliphatic rings. The summed E-state index contributed by atoms with van der Waals surface area (Å²) >= 11 is 0. The van der Waals surface area contributed by atoms with Crippen LogP contribution in [0.4, 0.5) is 4.39 Å². The van der Waals surface area contributed by atoms with Crippen molar-refractivity contribution < 1.29 is 22.4 Å². The van der Waals surface area contributed by atoms with E-state index in [0.717, 1.165) is 6.26 Å². The van der Waals surface area contributed by atoms with Crippen LogP contribution in [0, 0.1) is 5.82 Å². The molecule has 0 saturated carbocycles. The van der Waals surface area contributed by atoms with Gasteiger partial charge in [0, 0.05) is 18.4 Å². The Labute approximate surface area is 99.4 Å². The van der Waals surface area contributed by atoms with Crippen molar-refractivity contribution in [1.82, 2.24) is 5.48 Å². The van der Waals surface area contributed by atoms with E-state index in [-0.39, 0.29) is 17.9 Å². The highest BCUT2D eigenvalue weighted by Gasteiger charge is 2.22. The lowest BCUT2D eigenvalue weighted by atomic mass is 10.2. The largest absolute Gasteiger partial charge is 0.495 e. The Balaban J connectivity index is 3.33. The zero-order chi connectivity index (χ0) is 13.1. The maximum Gasteiger partial charge on any atom is 0.182 e. The van der Waals surface area contributed by atoms with Crippen molar-refractivity contribution in [3.05, 3.63) is 23.5 Å². The monoisotopic (exact) mass is 263 g/mol. The van der Waals surface area contributed by atoms with Crippen LogP contribution >= 0.6 is 0 Å². The maximum atomic E-state index is 14.0. The molecular formula is C10H14FNO4S. The van der Waals surface area contributed by atoms with Crippen molar-refractivity contribution in [3.8, 4) is 5.75 Å². The van der Waals surface area contributed by atoms with Crippen LogP contribution in [0.5, 0.6) is 5.75 Å². The van der Waals surface area contributed by atoms with Crippen LogP contribution in [0.25, 0.3) is 0 Å². The summed E-state index contributed by atoms with van der Waals surface area (Å²) in [5, 5.41) is 0. The molecule has 0 aromatic heterocycles. The molecule has 1 rings (SSSR count). The molecule has 1 N–H and O–H groups in total. The van der Waals surface area contributed by atoms with Crippen molar-refractivity contribution in [1.29, 1.82) is 0 Å². The van der Waals surface area contributed by atoms with Gasteiger partial charge < -0.3 is 9.57 Å². The van der Waals surface area contributed by atoms with Gasteiger partial charge in [-0.3, -0.25) is 0 Å². The molecule has 0 heterocycles. The second-order valence-electron chi connectivity index (χ2n) is 3.37. The van der Waals surface area contributed by atoms with Crippen LogP contribution in [0.3, 0.4) is 0 Å². The number of sulfone groups is 1. The number of ether oxygens (including phenoxy) is 1. The summed E-state index contributed by atoms with van der Waals surface area (Å²) in [6.07, 6.45) is 0.932. The summed E-state index contributed by atoms with van der Waals surface area (Å²) in [7, 11) is -1.02. The number of hydrogen-bond donors (Lipinski definition) is 1. The molecule has 0 aliphatic carbocycles. The Morgan fingerprint density at radius 1 is 1.35 bits per heavy atom. The second kappa shape index (κ2) is 5.44. The van der Waals surface area contributed by atoms with Crippen LogP contribution in [0.2, 0.25) is 0 Å². The minimum atomic E-state index is -3.69. The first kappa shape index (κ1) is 13.9. The summed E-state index contributed by atoms with van der Waals surface area (Å²) in [5.41, 5.74) is 2.63. The topological polar surface area (TPSA) is 64.6 Å². The van der Waals surface area contributed by atoms with Crippen LogP contribution < -0.4 is 10.2 Å². The summed E-state index contributed by atoms with van der Waals surface area (Å²) in [4.78, 5) is 4.15. The predicted octanol–water partition coefficient (Wildman–Crippen LogP) is 0.889. The minimum absolute atomic E-state index is 0.00818. The lowest BCUT2D eigenvalue weighted by molar-refractivity contribution is 0.0858. The molecular weight excluding hydrogens is 249 g/mol. The average molecular weight is 263 g/mol. The molecule has 0 aliphatic heterocycles. The van der Waals surface area contributed by atoms with E-state index < -0.39 is 20.5 Å². The first-order valence-electron chi connectivity index (χ1n) is 4.73. The number of nitrogens with one attached hydrogen (secondary N) is 1. The third kappa shape index (κ3) is 3.15. The highest BCUT2D eigenvalue weighted by molar-refractivity contribution is 7.90. The van der Waals surface area contributed by atoms with Gasteiger partial charge in [-0.2, -0.15) is 5.48 Å². The van der Waals surface area contributed by atoms with Crippen molar-refractivity contribution in [2.45, 2.75) is 11.4 Å². The molecule has 1 aromatic rings. The Morgan fingerprint density at radius 3 is 2.47 bits per heavy atom. The molecule has 7 heteroatoms. The Morgan fingerprint density at radius 2 is 2.00 bits per heavy atom. The van der Waals surface area contributed by atoms with E-state index in [9.17, 15) is 12.8 Å². The molecule has 0 saturated heterocycles. The zero-order valence-corrected chi connectivity index (χ0v) is 10.6. The lowest BCUT2D eigenvalue weighted by Crippen LogP contribution is -2.14. The van der Waals surface area contributed by atoms with Crippen LogP contribution in [0.1, 0.15) is 5.56 Å². The molecule has 96 valence electrons. The Bertz CT molecular complexity index is 501. The van der Waals surface area contributed by atoms with E-state index in [0.29, 0.717) is 0 Å². The number of rotatable bonds is 5. The van der Waals surface area contributed by atoms with Gasteiger partial charge in [-0.05, 0) is 6.07 Å². The molecule has 0 bridgehead atoms. The number of halogens is 1. The molecule has 0 atom stereocenters. The van der Waals surface area contributed by atoms with Crippen LogP contribution in [-0.2, 0) is 21.2 Å². The molecule has 0 amide bonds. The Hall–Kier alpha value is -1.18. The van der Waals surface area contributed by atoms with Crippen LogP contribution in [0.15, 0.2) is 17.0 Å². The average Bonchev–Trinajstić information content (AvgIpc) is 2.25. The number of hydroxylamine groups is 1. The second-order valence-corrected chi connectivity index (χ2v) is 5.32. The van der Waals surface area contributed by atoms with Gasteiger partial charge in [0.2, 0.25) is 0 Å². The molecule has 0 unspecified atom stereocenters. The Kier molecular flexibility index (Phi) is 4.44. The van der Waals surface area contributed by atoms with Gasteiger partial charge in [-0.25, -0.2) is 12.8 Å². The standard InChI is InChI=1S/C10H14FNO4S/c1-15-8-5-4-7(6-12-16-2)9(11)10(8)17(3,13)14/h4-5,12H,6H2,1-3H3. The van der Waals surface area contributed by atoms with Gasteiger partial charge in [0.05, 0.1) is 14.2 Å². The molecule has 17 heavy (non-hydrogen) atoms. The molecule has 0 radical (unpaired) electrons. The van der Waals surface area contributed by atoms with Gasteiger partial charge in [0.25, 0.3) is 0 Å². The fourth-order valence-corrected chi connectivity index (χ4v) is 2.35. The third-order valence-electron chi connectivity index (χ3n) is 2.14. The smallest absolute Gasteiger partial charge is 0.182 e. The van der Waals surface area contributed by atoms with E-state index in [1.165, 1.54) is 26.4 Å². The van der Waals surface area contributed by atoms with Gasteiger partial charge in [0.1, 0.15) is 16.5 Å². The fourth-order valence-electron chi connectivity index (χ4n) is 1.37. The van der Waals surface area contributed by atoms with Gasteiger partial charge in [0.15, 0.2) is 9.84 Å². The van der Waals surface area contributed by atoms with E-state index in [1.54, 1.807) is 0 Å². The third-order valence-corrected chi connectivity index (χ3v) is 3.26. The lowest BCUT2D eigenvalue weighted by Gasteiger charge is -2.11. The fraction of sp³-hybridized carbons (Fsp3) is 0.400. The van der Waals surface area contributed by atoms with Gasteiger partial charge in [-0.1, -0.05) is 6.07 Å². The molecule has 0 fully saturated rings. The minimum Gasteiger partial charge on any atom is -0.495 e. The molecule has 0 spiro atoms. The van der Waals surface area contributed by atoms with Crippen LogP contribution in [-0.4, -0.2) is 28.9 Å². The highest BCUT2D eigenvalue weighted by atomic mass is 32.2. The summed E-state index contributed by atoms with van der Waals surface area (Å²) in [6.45, 7) is 0.0643. The first-order chi connectivity index (χ1) is 7.91. The van der Waals surface area contributed by atoms with E-state index in [4.69, 9.17) is 4.74 Å².